The fourth-order valence-corrected chi connectivity index (χ4v) is 3.01. The molecule has 1 aromatic heterocycles. The van der Waals surface area contributed by atoms with Crippen LogP contribution < -0.4 is 14.8 Å². The number of aromatic nitrogens is 1. The van der Waals surface area contributed by atoms with E-state index >= 15 is 0 Å². The molecule has 5 nitrogen and oxygen atoms in total. The molecule has 0 radical (unpaired) electrons. The number of carbonyl (C=O) groups excluding carboxylic acids is 1. The first-order valence-electron chi connectivity index (χ1n) is 8.37. The lowest BCUT2D eigenvalue weighted by Gasteiger charge is -2.08. The number of aromatic amines is 1. The van der Waals surface area contributed by atoms with Crippen molar-refractivity contribution in [3.05, 3.63) is 58.7 Å². The quantitative estimate of drug-likeness (QED) is 0.619. The predicted molar refractivity (Wildman–Crippen MR) is 103 cm³/mol. The average molecular weight is 373 g/mol. The molecule has 3 rings (SSSR count). The van der Waals surface area contributed by atoms with Crippen LogP contribution in [0.3, 0.4) is 0 Å². The molecule has 136 valence electrons. The fraction of sp³-hybridized carbons (Fsp3) is 0.250. The molecule has 0 fully saturated rings. The van der Waals surface area contributed by atoms with Crippen molar-refractivity contribution in [2.24, 2.45) is 0 Å². The van der Waals surface area contributed by atoms with Gasteiger partial charge in [-0.25, -0.2) is 0 Å². The van der Waals surface area contributed by atoms with Gasteiger partial charge >= 0.3 is 0 Å². The monoisotopic (exact) mass is 372 g/mol. The first kappa shape index (κ1) is 18.1. The number of aryl methyl sites for hydroxylation is 1. The van der Waals surface area contributed by atoms with Gasteiger partial charge in [0.25, 0.3) is 0 Å². The van der Waals surface area contributed by atoms with Crippen molar-refractivity contribution in [1.29, 1.82) is 0 Å². The van der Waals surface area contributed by atoms with Crippen LogP contribution in [0.5, 0.6) is 11.5 Å². The van der Waals surface area contributed by atoms with Crippen LogP contribution in [-0.4, -0.2) is 31.2 Å². The summed E-state index contributed by atoms with van der Waals surface area (Å²) >= 11 is 6.08. The topological polar surface area (TPSA) is 63.4 Å². The lowest BCUT2D eigenvalue weighted by atomic mass is 10.1. The van der Waals surface area contributed by atoms with Gasteiger partial charge in [0.05, 0.1) is 20.1 Å². The summed E-state index contributed by atoms with van der Waals surface area (Å²) < 4.78 is 10.7. The third-order valence-corrected chi connectivity index (χ3v) is 4.41. The number of H-pyrrole nitrogens is 1. The standard InChI is InChI=1S/C20H21ClN2O3/c1-13-17(18-11-14(21)3-8-19(18)23-13)12-20(24)22-9-10-26-16-6-4-15(25-2)5-7-16/h3-8,11,23H,9-10,12H2,1-2H3,(H,22,24). The summed E-state index contributed by atoms with van der Waals surface area (Å²) in [5, 5.41) is 4.53. The van der Waals surface area contributed by atoms with Gasteiger partial charge < -0.3 is 19.8 Å². The van der Waals surface area contributed by atoms with E-state index < -0.39 is 0 Å². The molecule has 0 atom stereocenters. The Morgan fingerprint density at radius 1 is 1.15 bits per heavy atom. The molecule has 0 bridgehead atoms. The average Bonchev–Trinajstić information content (AvgIpc) is 2.94. The largest absolute Gasteiger partial charge is 0.497 e. The molecule has 0 aliphatic carbocycles. The highest BCUT2D eigenvalue weighted by Gasteiger charge is 2.12. The smallest absolute Gasteiger partial charge is 0.224 e. The molecular weight excluding hydrogens is 352 g/mol. The number of halogens is 1. The second kappa shape index (κ2) is 8.15. The zero-order valence-corrected chi connectivity index (χ0v) is 15.5. The van der Waals surface area contributed by atoms with E-state index in [1.165, 1.54) is 0 Å². The highest BCUT2D eigenvalue weighted by molar-refractivity contribution is 6.31. The van der Waals surface area contributed by atoms with Crippen molar-refractivity contribution in [2.45, 2.75) is 13.3 Å². The first-order chi connectivity index (χ1) is 12.6. The van der Waals surface area contributed by atoms with Crippen LogP contribution >= 0.6 is 11.6 Å². The number of benzene rings is 2. The third-order valence-electron chi connectivity index (χ3n) is 4.17. The van der Waals surface area contributed by atoms with Crippen molar-refractivity contribution in [3.63, 3.8) is 0 Å². The molecule has 6 heteroatoms. The first-order valence-corrected chi connectivity index (χ1v) is 8.75. The Hall–Kier alpha value is -2.66. The van der Waals surface area contributed by atoms with Crippen LogP contribution in [0.1, 0.15) is 11.3 Å². The van der Waals surface area contributed by atoms with Crippen molar-refractivity contribution in [3.8, 4) is 11.5 Å². The minimum atomic E-state index is -0.0488. The van der Waals surface area contributed by atoms with E-state index in [-0.39, 0.29) is 5.91 Å². The molecule has 1 heterocycles. The summed E-state index contributed by atoms with van der Waals surface area (Å²) in [6.07, 6.45) is 0.300. The van der Waals surface area contributed by atoms with E-state index in [0.717, 1.165) is 33.7 Å². The van der Waals surface area contributed by atoms with Gasteiger partial charge in [-0.2, -0.15) is 0 Å². The van der Waals surface area contributed by atoms with Gasteiger partial charge in [-0.15, -0.1) is 0 Å². The molecule has 2 N–H and O–H groups in total. The Balaban J connectivity index is 1.51. The van der Waals surface area contributed by atoms with Crippen LogP contribution in [0.25, 0.3) is 10.9 Å². The highest BCUT2D eigenvalue weighted by atomic mass is 35.5. The van der Waals surface area contributed by atoms with E-state index in [1.54, 1.807) is 7.11 Å². The maximum absolute atomic E-state index is 12.3. The van der Waals surface area contributed by atoms with Gasteiger partial charge in [-0.3, -0.25) is 4.79 Å². The van der Waals surface area contributed by atoms with Crippen molar-refractivity contribution >= 4 is 28.4 Å². The molecule has 0 aliphatic heterocycles. The van der Waals surface area contributed by atoms with Crippen LogP contribution in [0.2, 0.25) is 5.02 Å². The number of hydrogen-bond donors (Lipinski definition) is 2. The Bertz CT molecular complexity index is 903. The second-order valence-corrected chi connectivity index (χ2v) is 6.41. The summed E-state index contributed by atoms with van der Waals surface area (Å²) in [5.74, 6) is 1.47. The molecular formula is C20H21ClN2O3. The number of ether oxygens (including phenoxy) is 2. The number of carbonyl (C=O) groups is 1. The van der Waals surface area contributed by atoms with Crippen LogP contribution in [0.15, 0.2) is 42.5 Å². The van der Waals surface area contributed by atoms with E-state index in [2.05, 4.69) is 10.3 Å². The molecule has 2 aromatic carbocycles. The summed E-state index contributed by atoms with van der Waals surface area (Å²) in [5.41, 5.74) is 2.93. The summed E-state index contributed by atoms with van der Waals surface area (Å²) in [6.45, 7) is 2.80. The van der Waals surface area contributed by atoms with Gasteiger partial charge in [0.2, 0.25) is 5.91 Å². The minimum Gasteiger partial charge on any atom is -0.497 e. The Morgan fingerprint density at radius 2 is 1.88 bits per heavy atom. The van der Waals surface area contributed by atoms with Crippen molar-refractivity contribution in [2.75, 3.05) is 20.3 Å². The number of methoxy groups -OCH3 is 1. The number of nitrogens with one attached hydrogen (secondary N) is 2. The van der Waals surface area contributed by atoms with E-state index in [9.17, 15) is 4.79 Å². The maximum atomic E-state index is 12.3. The van der Waals surface area contributed by atoms with Gasteiger partial charge in [0.1, 0.15) is 18.1 Å². The van der Waals surface area contributed by atoms with Crippen LogP contribution in [0.4, 0.5) is 0 Å². The molecule has 3 aromatic rings. The predicted octanol–water partition coefficient (Wildman–Crippen LogP) is 3.88. The zero-order valence-electron chi connectivity index (χ0n) is 14.8. The lowest BCUT2D eigenvalue weighted by molar-refractivity contribution is -0.120. The Morgan fingerprint density at radius 3 is 2.62 bits per heavy atom. The minimum absolute atomic E-state index is 0.0488. The number of fused-ring (bicyclic) bond motifs is 1. The second-order valence-electron chi connectivity index (χ2n) is 5.97. The molecule has 0 saturated carbocycles. The lowest BCUT2D eigenvalue weighted by Crippen LogP contribution is -2.29. The van der Waals surface area contributed by atoms with E-state index in [1.807, 2.05) is 49.4 Å². The van der Waals surface area contributed by atoms with Gasteiger partial charge in [0, 0.05) is 21.6 Å². The molecule has 0 aliphatic rings. The SMILES string of the molecule is COc1ccc(OCCNC(=O)Cc2c(C)[nH]c3ccc(Cl)cc23)cc1. The highest BCUT2D eigenvalue weighted by Crippen LogP contribution is 2.25. The maximum Gasteiger partial charge on any atom is 0.224 e. The Kier molecular flexibility index (Phi) is 5.68. The van der Waals surface area contributed by atoms with Crippen molar-refractivity contribution < 1.29 is 14.3 Å². The number of rotatable bonds is 7. The summed E-state index contributed by atoms with van der Waals surface area (Å²) in [6, 6.07) is 13.0. The normalized spacial score (nSPS) is 10.7. The molecule has 0 spiro atoms. The molecule has 26 heavy (non-hydrogen) atoms. The van der Waals surface area contributed by atoms with Gasteiger partial charge in [0.15, 0.2) is 0 Å². The zero-order chi connectivity index (χ0) is 18.5. The molecule has 1 amide bonds. The van der Waals surface area contributed by atoms with E-state index in [0.29, 0.717) is 24.6 Å². The van der Waals surface area contributed by atoms with Crippen molar-refractivity contribution in [1.82, 2.24) is 10.3 Å². The molecule has 0 saturated heterocycles. The van der Waals surface area contributed by atoms with Gasteiger partial charge in [-0.1, -0.05) is 11.6 Å². The molecule has 0 unspecified atom stereocenters. The third kappa shape index (κ3) is 4.29. The number of hydrogen-bond acceptors (Lipinski definition) is 3. The van der Waals surface area contributed by atoms with Gasteiger partial charge in [-0.05, 0) is 55.0 Å². The van der Waals surface area contributed by atoms with Crippen LogP contribution in [-0.2, 0) is 11.2 Å². The van der Waals surface area contributed by atoms with E-state index in [4.69, 9.17) is 21.1 Å². The number of amides is 1. The van der Waals surface area contributed by atoms with Crippen LogP contribution in [0, 0.1) is 6.92 Å². The summed E-state index contributed by atoms with van der Waals surface area (Å²) in [7, 11) is 1.62. The Labute approximate surface area is 157 Å². The summed E-state index contributed by atoms with van der Waals surface area (Å²) in [4.78, 5) is 15.5. The fourth-order valence-electron chi connectivity index (χ4n) is 2.84.